The van der Waals surface area contributed by atoms with Crippen molar-refractivity contribution in [2.75, 3.05) is 19.1 Å². The molecule has 2 heterocycles. The zero-order chi connectivity index (χ0) is 18.8. The van der Waals surface area contributed by atoms with Crippen molar-refractivity contribution in [3.63, 3.8) is 0 Å². The van der Waals surface area contributed by atoms with Crippen LogP contribution in [-0.2, 0) is 4.74 Å². The fourth-order valence-corrected chi connectivity index (χ4v) is 4.08. The predicted octanol–water partition coefficient (Wildman–Crippen LogP) is 3.37. The Kier molecular flexibility index (Phi) is 5.31. The van der Waals surface area contributed by atoms with Crippen molar-refractivity contribution in [2.24, 2.45) is 5.92 Å². The number of anilines is 1. The van der Waals surface area contributed by atoms with E-state index in [4.69, 9.17) is 4.42 Å². The Labute approximate surface area is 154 Å². The molecule has 0 bridgehead atoms. The van der Waals surface area contributed by atoms with Crippen LogP contribution < -0.4 is 15.8 Å². The summed E-state index contributed by atoms with van der Waals surface area (Å²) in [6.07, 6.45) is 4.23. The second-order valence-corrected chi connectivity index (χ2v) is 7.78. The monoisotopic (exact) mass is 378 g/mol. The average molecular weight is 378 g/mol. The first kappa shape index (κ1) is 18.4. The van der Waals surface area contributed by atoms with Crippen LogP contribution in [0.4, 0.5) is 9.80 Å². The quantitative estimate of drug-likeness (QED) is 0.827. The molecule has 0 spiro atoms. The number of amides is 2. The minimum Gasteiger partial charge on any atom is -0.465 e. The molecule has 7 nitrogen and oxygen atoms in total. The summed E-state index contributed by atoms with van der Waals surface area (Å²) in [6.45, 7) is 2.23. The Bertz CT molecular complexity index is 879. The zero-order valence-electron chi connectivity index (χ0n) is 15.0. The van der Waals surface area contributed by atoms with E-state index in [-0.39, 0.29) is 17.6 Å². The largest absolute Gasteiger partial charge is 0.465 e. The van der Waals surface area contributed by atoms with Gasteiger partial charge in [0.1, 0.15) is 10.6 Å². The van der Waals surface area contributed by atoms with Crippen LogP contribution in [0.1, 0.15) is 43.0 Å². The molecule has 8 heteroatoms. The number of ether oxygens (including phenoxy) is 1. The van der Waals surface area contributed by atoms with Crippen molar-refractivity contribution in [3.8, 4) is 0 Å². The van der Waals surface area contributed by atoms with Crippen LogP contribution in [0.3, 0.4) is 0 Å². The maximum absolute atomic E-state index is 12.5. The summed E-state index contributed by atoms with van der Waals surface area (Å²) in [5.41, 5.74) is -0.567. The second-order valence-electron chi connectivity index (χ2n) is 6.72. The summed E-state index contributed by atoms with van der Waals surface area (Å²) in [5, 5.41) is 3.69. The van der Waals surface area contributed by atoms with Gasteiger partial charge in [0.2, 0.25) is 0 Å². The number of hydrogen-bond donors (Lipinski definition) is 1. The highest BCUT2D eigenvalue weighted by Gasteiger charge is 2.23. The van der Waals surface area contributed by atoms with E-state index in [0.29, 0.717) is 15.3 Å². The van der Waals surface area contributed by atoms with Gasteiger partial charge in [-0.2, -0.15) is 0 Å². The van der Waals surface area contributed by atoms with E-state index in [1.54, 1.807) is 13.1 Å². The van der Waals surface area contributed by atoms with E-state index in [0.717, 1.165) is 31.6 Å². The summed E-state index contributed by atoms with van der Waals surface area (Å²) in [6, 6.07) is 3.08. The molecule has 0 saturated heterocycles. The number of nitrogens with zero attached hydrogens (tertiary/aromatic N) is 1. The van der Waals surface area contributed by atoms with Crippen molar-refractivity contribution in [2.45, 2.75) is 38.6 Å². The molecule has 140 valence electrons. The van der Waals surface area contributed by atoms with E-state index >= 15 is 0 Å². The SMILES string of the molecule is COC(=O)c1cc2sc(N(C)C(=O)NC3CCC(C)CC3)cc2oc1=O. The number of rotatable bonds is 3. The molecule has 1 aliphatic carbocycles. The average Bonchev–Trinajstić information content (AvgIpc) is 3.04. The van der Waals surface area contributed by atoms with Gasteiger partial charge in [0.25, 0.3) is 0 Å². The molecule has 1 aliphatic rings. The molecule has 0 atom stereocenters. The number of carbonyl (C=O) groups excluding carboxylic acids is 2. The van der Waals surface area contributed by atoms with Gasteiger partial charge in [0, 0.05) is 19.2 Å². The molecule has 2 aromatic rings. The Balaban J connectivity index is 1.77. The van der Waals surface area contributed by atoms with Crippen LogP contribution >= 0.6 is 11.3 Å². The standard InChI is InChI=1S/C18H22N2O5S/c1-10-4-6-11(7-5-10)19-18(23)20(2)15-9-13-14(26-15)8-12(16(21)24-3)17(22)25-13/h8-11H,4-7H2,1-3H3,(H,19,23). The van der Waals surface area contributed by atoms with Crippen LogP contribution in [-0.4, -0.2) is 32.2 Å². The first-order valence-corrected chi connectivity index (χ1v) is 9.41. The lowest BCUT2D eigenvalue weighted by molar-refractivity contribution is 0.0596. The van der Waals surface area contributed by atoms with Crippen molar-refractivity contribution in [1.29, 1.82) is 0 Å². The van der Waals surface area contributed by atoms with Gasteiger partial charge in [-0.25, -0.2) is 14.4 Å². The second kappa shape index (κ2) is 7.49. The van der Waals surface area contributed by atoms with Gasteiger partial charge in [0.15, 0.2) is 5.58 Å². The van der Waals surface area contributed by atoms with Crippen LogP contribution in [0.2, 0.25) is 0 Å². The Morgan fingerprint density at radius 3 is 2.62 bits per heavy atom. The number of urea groups is 1. The number of nitrogens with one attached hydrogen (secondary N) is 1. The van der Waals surface area contributed by atoms with E-state index in [1.165, 1.54) is 29.4 Å². The topological polar surface area (TPSA) is 88.8 Å². The molecule has 3 rings (SSSR count). The van der Waals surface area contributed by atoms with E-state index in [9.17, 15) is 14.4 Å². The molecule has 2 aromatic heterocycles. The van der Waals surface area contributed by atoms with E-state index in [2.05, 4.69) is 17.0 Å². The fourth-order valence-electron chi connectivity index (χ4n) is 3.09. The third-order valence-corrected chi connectivity index (χ3v) is 5.93. The van der Waals surface area contributed by atoms with Crippen molar-refractivity contribution in [1.82, 2.24) is 5.32 Å². The molecule has 1 N–H and O–H groups in total. The maximum Gasteiger partial charge on any atom is 0.351 e. The number of fused-ring (bicyclic) bond motifs is 1. The molecule has 0 radical (unpaired) electrons. The minimum atomic E-state index is -0.753. The molecular weight excluding hydrogens is 356 g/mol. The molecule has 0 aromatic carbocycles. The highest BCUT2D eigenvalue weighted by Crippen LogP contribution is 2.32. The molecule has 0 aliphatic heterocycles. The molecule has 26 heavy (non-hydrogen) atoms. The number of esters is 1. The Morgan fingerprint density at radius 1 is 1.27 bits per heavy atom. The lowest BCUT2D eigenvalue weighted by atomic mass is 9.87. The van der Waals surface area contributed by atoms with E-state index < -0.39 is 11.6 Å². The van der Waals surface area contributed by atoms with Gasteiger partial charge in [-0.1, -0.05) is 6.92 Å². The molecule has 0 unspecified atom stereocenters. The summed E-state index contributed by atoms with van der Waals surface area (Å²) in [5.74, 6) is -0.0244. The molecule has 1 saturated carbocycles. The number of methoxy groups -OCH3 is 1. The van der Waals surface area contributed by atoms with Gasteiger partial charge in [0.05, 0.1) is 11.8 Å². The van der Waals surface area contributed by atoms with Crippen LogP contribution in [0.5, 0.6) is 0 Å². The van der Waals surface area contributed by atoms with Gasteiger partial charge in [-0.3, -0.25) is 4.90 Å². The number of carbonyl (C=O) groups is 2. The highest BCUT2D eigenvalue weighted by molar-refractivity contribution is 7.22. The van der Waals surface area contributed by atoms with Crippen molar-refractivity contribution >= 4 is 38.6 Å². The van der Waals surface area contributed by atoms with Gasteiger partial charge < -0.3 is 14.5 Å². The third-order valence-electron chi connectivity index (χ3n) is 4.79. The number of thiophene rings is 1. The summed E-state index contributed by atoms with van der Waals surface area (Å²) >= 11 is 1.27. The number of hydrogen-bond acceptors (Lipinski definition) is 6. The van der Waals surface area contributed by atoms with Gasteiger partial charge in [-0.15, -0.1) is 11.3 Å². The van der Waals surface area contributed by atoms with Crippen molar-refractivity contribution < 1.29 is 18.7 Å². The third kappa shape index (κ3) is 3.75. The van der Waals surface area contributed by atoms with Crippen molar-refractivity contribution in [3.05, 3.63) is 28.1 Å². The van der Waals surface area contributed by atoms with Crippen LogP contribution in [0.15, 0.2) is 21.3 Å². The first-order chi connectivity index (χ1) is 12.4. The summed E-state index contributed by atoms with van der Waals surface area (Å²) in [4.78, 5) is 37.5. The fraction of sp³-hybridized carbons (Fsp3) is 0.500. The molecule has 1 fully saturated rings. The normalized spacial score (nSPS) is 20.0. The summed E-state index contributed by atoms with van der Waals surface area (Å²) in [7, 11) is 2.88. The van der Waals surface area contributed by atoms with Crippen LogP contribution in [0, 0.1) is 5.92 Å². The Hall–Kier alpha value is -2.35. The molecule has 2 amide bonds. The first-order valence-electron chi connectivity index (χ1n) is 8.59. The lowest BCUT2D eigenvalue weighted by Crippen LogP contribution is -2.44. The zero-order valence-corrected chi connectivity index (χ0v) is 15.9. The molecular formula is C18H22N2O5S. The van der Waals surface area contributed by atoms with Crippen LogP contribution in [0.25, 0.3) is 10.3 Å². The maximum atomic E-state index is 12.5. The summed E-state index contributed by atoms with van der Waals surface area (Å²) < 4.78 is 10.4. The minimum absolute atomic E-state index is 0.156. The van der Waals surface area contributed by atoms with Gasteiger partial charge in [-0.05, 0) is 37.7 Å². The predicted molar refractivity (Wildman–Crippen MR) is 100 cm³/mol. The van der Waals surface area contributed by atoms with E-state index in [1.807, 2.05) is 0 Å². The Morgan fingerprint density at radius 2 is 1.96 bits per heavy atom. The highest BCUT2D eigenvalue weighted by atomic mass is 32.1. The van der Waals surface area contributed by atoms with Gasteiger partial charge >= 0.3 is 17.6 Å². The lowest BCUT2D eigenvalue weighted by Gasteiger charge is -2.28. The smallest absolute Gasteiger partial charge is 0.351 e.